The van der Waals surface area contributed by atoms with E-state index in [0.29, 0.717) is 21.7 Å². The van der Waals surface area contributed by atoms with Gasteiger partial charge in [-0.15, -0.1) is 0 Å². The molecule has 0 atom stereocenters. The standard InChI is InChI=1S/C19H15BrFNO4/c1-24-13-3-2-4-14(10-13)25-11-15-6-8-18(26-15)19(23)22-17-7-5-12(20)9-16(17)21/h2-10H,11H2,1H3,(H,22,23). The Kier molecular flexibility index (Phi) is 5.58. The third-order valence-corrected chi connectivity index (χ3v) is 3.98. The number of ether oxygens (including phenoxy) is 2. The van der Waals surface area contributed by atoms with Gasteiger partial charge in [0.05, 0.1) is 12.8 Å². The lowest BCUT2D eigenvalue weighted by Gasteiger charge is -2.06. The SMILES string of the molecule is COc1cccc(OCc2ccc(C(=O)Nc3ccc(Br)cc3F)o2)c1. The van der Waals surface area contributed by atoms with Gasteiger partial charge in [-0.2, -0.15) is 0 Å². The summed E-state index contributed by atoms with van der Waals surface area (Å²) < 4.78 is 30.6. The number of rotatable bonds is 6. The number of methoxy groups -OCH3 is 1. The van der Waals surface area contributed by atoms with E-state index in [1.807, 2.05) is 12.1 Å². The third-order valence-electron chi connectivity index (χ3n) is 3.49. The van der Waals surface area contributed by atoms with Gasteiger partial charge in [-0.05, 0) is 42.5 Å². The molecule has 0 bridgehead atoms. The van der Waals surface area contributed by atoms with Crippen molar-refractivity contribution in [3.8, 4) is 11.5 Å². The largest absolute Gasteiger partial charge is 0.497 e. The first kappa shape index (κ1) is 18.0. The molecule has 0 saturated carbocycles. The molecule has 5 nitrogen and oxygen atoms in total. The van der Waals surface area contributed by atoms with Gasteiger partial charge in [0.25, 0.3) is 5.91 Å². The normalized spacial score (nSPS) is 10.4. The average Bonchev–Trinajstić information content (AvgIpc) is 3.11. The predicted molar refractivity (Wildman–Crippen MR) is 98.1 cm³/mol. The van der Waals surface area contributed by atoms with Crippen molar-refractivity contribution in [1.29, 1.82) is 0 Å². The highest BCUT2D eigenvalue weighted by molar-refractivity contribution is 9.10. The zero-order valence-electron chi connectivity index (χ0n) is 13.8. The molecule has 3 aromatic rings. The van der Waals surface area contributed by atoms with Crippen molar-refractivity contribution in [3.05, 3.63) is 76.4 Å². The molecule has 3 rings (SSSR count). The summed E-state index contributed by atoms with van der Waals surface area (Å²) in [4.78, 5) is 12.2. The quantitative estimate of drug-likeness (QED) is 0.609. The van der Waals surface area contributed by atoms with Crippen LogP contribution in [0.2, 0.25) is 0 Å². The second-order valence-electron chi connectivity index (χ2n) is 5.31. The Hall–Kier alpha value is -2.80. The van der Waals surface area contributed by atoms with Crippen molar-refractivity contribution in [1.82, 2.24) is 0 Å². The Balaban J connectivity index is 1.62. The molecule has 0 aliphatic carbocycles. The predicted octanol–water partition coefficient (Wildman–Crippen LogP) is 5.02. The van der Waals surface area contributed by atoms with Gasteiger partial charge in [-0.3, -0.25) is 4.79 Å². The number of hydrogen-bond donors (Lipinski definition) is 1. The van der Waals surface area contributed by atoms with Crippen LogP contribution < -0.4 is 14.8 Å². The van der Waals surface area contributed by atoms with E-state index >= 15 is 0 Å². The third kappa shape index (κ3) is 4.43. The number of hydrogen-bond acceptors (Lipinski definition) is 4. The molecule has 26 heavy (non-hydrogen) atoms. The van der Waals surface area contributed by atoms with Crippen LogP contribution in [0.3, 0.4) is 0 Å². The number of carbonyl (C=O) groups excluding carboxylic acids is 1. The number of benzene rings is 2. The van der Waals surface area contributed by atoms with Gasteiger partial charge in [0, 0.05) is 10.5 Å². The maximum atomic E-state index is 13.8. The second-order valence-corrected chi connectivity index (χ2v) is 6.23. The van der Waals surface area contributed by atoms with Crippen LogP contribution in [0, 0.1) is 5.82 Å². The van der Waals surface area contributed by atoms with Crippen LogP contribution in [0.1, 0.15) is 16.3 Å². The maximum Gasteiger partial charge on any atom is 0.291 e. The summed E-state index contributed by atoms with van der Waals surface area (Å²) in [5.74, 6) is 0.743. The molecule has 0 fully saturated rings. The molecule has 1 amide bonds. The molecule has 0 aliphatic rings. The van der Waals surface area contributed by atoms with Crippen molar-refractivity contribution in [2.45, 2.75) is 6.61 Å². The van der Waals surface area contributed by atoms with E-state index in [4.69, 9.17) is 13.9 Å². The van der Waals surface area contributed by atoms with Crippen LogP contribution in [0.4, 0.5) is 10.1 Å². The van der Waals surface area contributed by atoms with Crippen LogP contribution in [0.25, 0.3) is 0 Å². The van der Waals surface area contributed by atoms with Crippen LogP contribution in [-0.2, 0) is 6.61 Å². The summed E-state index contributed by atoms with van der Waals surface area (Å²) in [7, 11) is 1.57. The molecule has 0 saturated heterocycles. The van der Waals surface area contributed by atoms with Gasteiger partial charge in [-0.25, -0.2) is 4.39 Å². The lowest BCUT2D eigenvalue weighted by molar-refractivity contribution is 0.0992. The fourth-order valence-electron chi connectivity index (χ4n) is 2.20. The van der Waals surface area contributed by atoms with Gasteiger partial charge >= 0.3 is 0 Å². The Bertz CT molecular complexity index is 925. The Morgan fingerprint density at radius 1 is 1.15 bits per heavy atom. The van der Waals surface area contributed by atoms with E-state index in [2.05, 4.69) is 21.2 Å². The highest BCUT2D eigenvalue weighted by atomic mass is 79.9. The highest BCUT2D eigenvalue weighted by Gasteiger charge is 2.14. The lowest BCUT2D eigenvalue weighted by atomic mass is 10.3. The highest BCUT2D eigenvalue weighted by Crippen LogP contribution is 2.22. The first-order valence-electron chi connectivity index (χ1n) is 7.67. The molecule has 1 heterocycles. The van der Waals surface area contributed by atoms with Crippen LogP contribution in [-0.4, -0.2) is 13.0 Å². The van der Waals surface area contributed by atoms with Gasteiger partial charge in [0.1, 0.15) is 29.7 Å². The smallest absolute Gasteiger partial charge is 0.291 e. The lowest BCUT2D eigenvalue weighted by Crippen LogP contribution is -2.12. The molecular weight excluding hydrogens is 405 g/mol. The molecule has 0 radical (unpaired) electrons. The molecule has 0 aliphatic heterocycles. The fraction of sp³-hybridized carbons (Fsp3) is 0.105. The summed E-state index contributed by atoms with van der Waals surface area (Å²) in [5.41, 5.74) is 0.0729. The van der Waals surface area contributed by atoms with Gasteiger partial charge in [0.15, 0.2) is 5.76 Å². The van der Waals surface area contributed by atoms with Crippen molar-refractivity contribution < 1.29 is 23.1 Å². The molecular formula is C19H15BrFNO4. The van der Waals surface area contributed by atoms with E-state index in [9.17, 15) is 9.18 Å². The van der Waals surface area contributed by atoms with Crippen molar-refractivity contribution >= 4 is 27.5 Å². The van der Waals surface area contributed by atoms with E-state index in [1.165, 1.54) is 18.2 Å². The first-order chi connectivity index (χ1) is 12.5. The van der Waals surface area contributed by atoms with Crippen LogP contribution in [0.5, 0.6) is 11.5 Å². The maximum absolute atomic E-state index is 13.8. The molecule has 0 spiro atoms. The van der Waals surface area contributed by atoms with E-state index in [1.54, 1.807) is 31.4 Å². The van der Waals surface area contributed by atoms with Crippen molar-refractivity contribution in [3.63, 3.8) is 0 Å². The summed E-state index contributed by atoms with van der Waals surface area (Å²) >= 11 is 3.16. The zero-order chi connectivity index (χ0) is 18.5. The number of carbonyl (C=O) groups is 1. The first-order valence-corrected chi connectivity index (χ1v) is 8.46. The summed E-state index contributed by atoms with van der Waals surface area (Å²) in [6.45, 7) is 0.146. The summed E-state index contributed by atoms with van der Waals surface area (Å²) in [5, 5.41) is 2.47. The molecule has 2 aromatic carbocycles. The van der Waals surface area contributed by atoms with E-state index in [0.717, 1.165) is 0 Å². The van der Waals surface area contributed by atoms with Gasteiger partial charge < -0.3 is 19.2 Å². The summed E-state index contributed by atoms with van der Waals surface area (Å²) in [6, 6.07) is 14.7. The minimum atomic E-state index is -0.543. The molecule has 1 aromatic heterocycles. The average molecular weight is 420 g/mol. The number of amides is 1. The van der Waals surface area contributed by atoms with Crippen molar-refractivity contribution in [2.24, 2.45) is 0 Å². The van der Waals surface area contributed by atoms with Gasteiger partial charge in [0.2, 0.25) is 0 Å². The van der Waals surface area contributed by atoms with E-state index < -0.39 is 11.7 Å². The van der Waals surface area contributed by atoms with E-state index in [-0.39, 0.29) is 18.1 Å². The fourth-order valence-corrected chi connectivity index (χ4v) is 2.53. The monoisotopic (exact) mass is 419 g/mol. The Morgan fingerprint density at radius 2 is 1.96 bits per heavy atom. The van der Waals surface area contributed by atoms with Crippen LogP contribution in [0.15, 0.2) is 63.5 Å². The minimum absolute atomic E-state index is 0.0663. The molecule has 1 N–H and O–H groups in total. The number of nitrogens with one attached hydrogen (secondary N) is 1. The number of anilines is 1. The Labute approximate surface area is 157 Å². The second kappa shape index (κ2) is 8.05. The van der Waals surface area contributed by atoms with Crippen molar-refractivity contribution in [2.75, 3.05) is 12.4 Å². The molecule has 0 unspecified atom stereocenters. The van der Waals surface area contributed by atoms with Gasteiger partial charge in [-0.1, -0.05) is 22.0 Å². The molecule has 7 heteroatoms. The zero-order valence-corrected chi connectivity index (χ0v) is 15.4. The topological polar surface area (TPSA) is 60.7 Å². The number of halogens is 2. The minimum Gasteiger partial charge on any atom is -0.497 e. The van der Waals surface area contributed by atoms with Crippen LogP contribution >= 0.6 is 15.9 Å². The summed E-state index contributed by atoms with van der Waals surface area (Å²) in [6.07, 6.45) is 0. The Morgan fingerprint density at radius 3 is 2.73 bits per heavy atom. The number of furan rings is 1. The molecule has 134 valence electrons.